The minimum atomic E-state index is -0.632. The van der Waals surface area contributed by atoms with E-state index < -0.39 is 11.8 Å². The molecule has 0 radical (unpaired) electrons. The summed E-state index contributed by atoms with van der Waals surface area (Å²) in [4.78, 5) is 24.2. The first-order valence-corrected chi connectivity index (χ1v) is 9.19. The van der Waals surface area contributed by atoms with Gasteiger partial charge in [-0.05, 0) is 51.9 Å². The van der Waals surface area contributed by atoms with Crippen molar-refractivity contribution < 1.29 is 9.59 Å². The molecule has 0 spiro atoms. The van der Waals surface area contributed by atoms with Gasteiger partial charge >= 0.3 is 11.8 Å². The van der Waals surface area contributed by atoms with Crippen LogP contribution in [0.2, 0.25) is 0 Å². The number of amides is 2. The summed E-state index contributed by atoms with van der Waals surface area (Å²) in [7, 11) is 0. The highest BCUT2D eigenvalue weighted by Gasteiger charge is 2.19. The van der Waals surface area contributed by atoms with E-state index in [2.05, 4.69) is 35.7 Å². The van der Waals surface area contributed by atoms with Crippen LogP contribution in [0.15, 0.2) is 11.6 Å². The quantitative estimate of drug-likeness (QED) is 0.614. The fourth-order valence-electron chi connectivity index (χ4n) is 3.12. The Morgan fingerprint density at radius 2 is 2.00 bits per heavy atom. The number of nitrogens with one attached hydrogen (secondary N) is 2. The second kappa shape index (κ2) is 8.83. The van der Waals surface area contributed by atoms with Gasteiger partial charge in [-0.15, -0.1) is 0 Å². The van der Waals surface area contributed by atoms with E-state index in [4.69, 9.17) is 0 Å². The van der Waals surface area contributed by atoms with E-state index in [1.54, 1.807) is 0 Å². The number of rotatable bonds is 6. The highest BCUT2D eigenvalue weighted by molar-refractivity contribution is 6.39. The molecule has 25 heavy (non-hydrogen) atoms. The highest BCUT2D eigenvalue weighted by Crippen LogP contribution is 2.21. The SMILES string of the molecule is Cc1nn(CC(C)C)c(C)c1NC(=O)C(=O)NCCC1=CCCCC1. The first kappa shape index (κ1) is 19.2. The first-order chi connectivity index (χ1) is 11.9. The molecule has 1 aromatic rings. The molecule has 1 aromatic heterocycles. The molecule has 0 saturated heterocycles. The molecule has 0 saturated carbocycles. The molecular formula is C19H30N4O2. The molecule has 138 valence electrons. The number of aryl methyl sites for hydroxylation is 1. The van der Waals surface area contributed by atoms with Crippen molar-refractivity contribution in [2.24, 2.45) is 5.92 Å². The first-order valence-electron chi connectivity index (χ1n) is 9.19. The number of nitrogens with zero attached hydrogens (tertiary/aromatic N) is 2. The highest BCUT2D eigenvalue weighted by atomic mass is 16.2. The van der Waals surface area contributed by atoms with Gasteiger partial charge in [0.05, 0.1) is 17.1 Å². The Hall–Kier alpha value is -2.11. The average molecular weight is 346 g/mol. The van der Waals surface area contributed by atoms with Gasteiger partial charge in [-0.2, -0.15) is 5.10 Å². The minimum absolute atomic E-state index is 0.457. The van der Waals surface area contributed by atoms with Crippen LogP contribution >= 0.6 is 0 Å². The summed E-state index contributed by atoms with van der Waals surface area (Å²) in [5.74, 6) is -0.765. The Bertz CT molecular complexity index is 659. The maximum atomic E-state index is 12.2. The summed E-state index contributed by atoms with van der Waals surface area (Å²) in [5, 5.41) is 9.87. The zero-order valence-corrected chi connectivity index (χ0v) is 15.8. The molecule has 0 fully saturated rings. The summed E-state index contributed by atoms with van der Waals surface area (Å²) in [6, 6.07) is 0. The van der Waals surface area contributed by atoms with Crippen LogP contribution in [0.1, 0.15) is 57.3 Å². The second-order valence-corrected chi connectivity index (χ2v) is 7.19. The van der Waals surface area contributed by atoms with Crippen LogP contribution < -0.4 is 10.6 Å². The van der Waals surface area contributed by atoms with Crippen molar-refractivity contribution in [3.63, 3.8) is 0 Å². The number of carbonyl (C=O) groups excluding carboxylic acids is 2. The lowest BCUT2D eigenvalue weighted by Gasteiger charge is -2.13. The van der Waals surface area contributed by atoms with Crippen LogP contribution in [0.25, 0.3) is 0 Å². The number of carbonyl (C=O) groups is 2. The van der Waals surface area contributed by atoms with Crippen molar-refractivity contribution in [2.75, 3.05) is 11.9 Å². The summed E-state index contributed by atoms with van der Waals surface area (Å²) in [6.45, 7) is 9.26. The molecule has 1 aliphatic carbocycles. The molecular weight excluding hydrogens is 316 g/mol. The van der Waals surface area contributed by atoms with Gasteiger partial charge in [0.1, 0.15) is 0 Å². The molecule has 2 amide bonds. The Labute approximate surface area is 150 Å². The lowest BCUT2D eigenvalue weighted by Crippen LogP contribution is -2.36. The molecule has 0 unspecified atom stereocenters. The molecule has 0 aromatic carbocycles. The summed E-state index contributed by atoms with van der Waals surface area (Å²) in [5.41, 5.74) is 3.62. The van der Waals surface area contributed by atoms with Crippen molar-refractivity contribution in [1.29, 1.82) is 0 Å². The lowest BCUT2D eigenvalue weighted by atomic mass is 9.97. The molecule has 0 atom stereocenters. The minimum Gasteiger partial charge on any atom is -0.348 e. The Morgan fingerprint density at radius 1 is 1.24 bits per heavy atom. The van der Waals surface area contributed by atoms with E-state index in [-0.39, 0.29) is 0 Å². The van der Waals surface area contributed by atoms with Gasteiger partial charge in [-0.1, -0.05) is 25.5 Å². The third-order valence-electron chi connectivity index (χ3n) is 4.48. The zero-order valence-electron chi connectivity index (χ0n) is 15.8. The largest absolute Gasteiger partial charge is 0.348 e. The Balaban J connectivity index is 1.87. The maximum Gasteiger partial charge on any atom is 0.313 e. The number of allylic oxidation sites excluding steroid dienone is 1. The molecule has 0 bridgehead atoms. The molecule has 1 heterocycles. The van der Waals surface area contributed by atoms with Crippen molar-refractivity contribution in [3.05, 3.63) is 23.0 Å². The van der Waals surface area contributed by atoms with Crippen molar-refractivity contribution in [1.82, 2.24) is 15.1 Å². The van der Waals surface area contributed by atoms with E-state index >= 15 is 0 Å². The zero-order chi connectivity index (χ0) is 18.4. The van der Waals surface area contributed by atoms with Gasteiger partial charge in [0.2, 0.25) is 0 Å². The van der Waals surface area contributed by atoms with Gasteiger partial charge < -0.3 is 10.6 Å². The predicted molar refractivity (Wildman–Crippen MR) is 99.3 cm³/mol. The average Bonchev–Trinajstić information content (AvgIpc) is 2.82. The fourth-order valence-corrected chi connectivity index (χ4v) is 3.12. The standard InChI is InChI=1S/C19H30N4O2/c1-13(2)12-23-15(4)17(14(3)22-23)21-19(25)18(24)20-11-10-16-8-6-5-7-9-16/h8,13H,5-7,9-12H2,1-4H3,(H,20,24)(H,21,25). The van der Waals surface area contributed by atoms with Crippen LogP contribution in [0.4, 0.5) is 5.69 Å². The monoisotopic (exact) mass is 346 g/mol. The molecule has 1 aliphatic rings. The van der Waals surface area contributed by atoms with E-state index in [1.807, 2.05) is 18.5 Å². The van der Waals surface area contributed by atoms with Crippen molar-refractivity contribution >= 4 is 17.5 Å². The van der Waals surface area contributed by atoms with Crippen molar-refractivity contribution in [3.8, 4) is 0 Å². The van der Waals surface area contributed by atoms with Gasteiger partial charge in [0.25, 0.3) is 0 Å². The number of anilines is 1. The summed E-state index contributed by atoms with van der Waals surface area (Å²) >= 11 is 0. The van der Waals surface area contributed by atoms with Crippen LogP contribution in [-0.4, -0.2) is 28.1 Å². The van der Waals surface area contributed by atoms with E-state index in [0.717, 1.165) is 37.2 Å². The normalized spacial score (nSPS) is 14.4. The predicted octanol–water partition coefficient (Wildman–Crippen LogP) is 3.10. The molecule has 6 nitrogen and oxygen atoms in total. The van der Waals surface area contributed by atoms with Gasteiger partial charge in [-0.3, -0.25) is 14.3 Å². The maximum absolute atomic E-state index is 12.2. The molecule has 2 rings (SSSR count). The molecule has 2 N–H and O–H groups in total. The fraction of sp³-hybridized carbons (Fsp3) is 0.632. The summed E-state index contributed by atoms with van der Waals surface area (Å²) in [6.07, 6.45) is 7.79. The van der Waals surface area contributed by atoms with Gasteiger partial charge in [0.15, 0.2) is 0 Å². The number of hydrogen-bond acceptors (Lipinski definition) is 3. The van der Waals surface area contributed by atoms with Crippen LogP contribution in [0.5, 0.6) is 0 Å². The van der Waals surface area contributed by atoms with Crippen molar-refractivity contribution in [2.45, 2.75) is 66.3 Å². The van der Waals surface area contributed by atoms with Crippen LogP contribution in [0.3, 0.4) is 0 Å². The number of aromatic nitrogens is 2. The third-order valence-corrected chi connectivity index (χ3v) is 4.48. The molecule has 0 aliphatic heterocycles. The Morgan fingerprint density at radius 3 is 2.64 bits per heavy atom. The van der Waals surface area contributed by atoms with Gasteiger partial charge in [0, 0.05) is 13.1 Å². The van der Waals surface area contributed by atoms with E-state index in [0.29, 0.717) is 18.2 Å². The molecule has 6 heteroatoms. The smallest absolute Gasteiger partial charge is 0.313 e. The number of hydrogen-bond donors (Lipinski definition) is 2. The van der Waals surface area contributed by atoms with Gasteiger partial charge in [-0.25, -0.2) is 0 Å². The van der Waals surface area contributed by atoms with Crippen LogP contribution in [-0.2, 0) is 16.1 Å². The van der Waals surface area contributed by atoms with E-state index in [1.165, 1.54) is 18.4 Å². The third kappa shape index (κ3) is 5.44. The lowest BCUT2D eigenvalue weighted by molar-refractivity contribution is -0.136. The summed E-state index contributed by atoms with van der Waals surface area (Å²) < 4.78 is 1.88. The van der Waals surface area contributed by atoms with E-state index in [9.17, 15) is 9.59 Å². The second-order valence-electron chi connectivity index (χ2n) is 7.19. The Kier molecular flexibility index (Phi) is 6.79. The van der Waals surface area contributed by atoms with Crippen LogP contribution in [0, 0.1) is 19.8 Å². The topological polar surface area (TPSA) is 76.0 Å².